The summed E-state index contributed by atoms with van der Waals surface area (Å²) in [6, 6.07) is 33.5. The Kier molecular flexibility index (Phi) is 13.9. The lowest BCUT2D eigenvalue weighted by atomic mass is 10.1. The van der Waals surface area contributed by atoms with Crippen LogP contribution in [0.25, 0.3) is 0 Å². The summed E-state index contributed by atoms with van der Waals surface area (Å²) in [6.07, 6.45) is 16.7. The van der Waals surface area contributed by atoms with E-state index in [0.717, 1.165) is 11.5 Å². The SMILES string of the molecule is BrCCCCCCCCCC=CC[P+](c1ccccc1)(c1ccccc1)c1ccccc1.[Br-]. The lowest BCUT2D eigenvalue weighted by Gasteiger charge is -2.26. The maximum atomic E-state index is 3.52. The highest BCUT2D eigenvalue weighted by Crippen LogP contribution is 2.55. The third kappa shape index (κ3) is 8.50. The van der Waals surface area contributed by atoms with Crippen molar-refractivity contribution >= 4 is 39.1 Å². The molecule has 0 aromatic heterocycles. The molecule has 0 nitrogen and oxygen atoms in total. The van der Waals surface area contributed by atoms with Gasteiger partial charge in [-0.05, 0) is 55.7 Å². The summed E-state index contributed by atoms with van der Waals surface area (Å²) in [5.41, 5.74) is 0. The highest BCUT2D eigenvalue weighted by Gasteiger charge is 2.43. The van der Waals surface area contributed by atoms with Gasteiger partial charge in [0.25, 0.3) is 0 Å². The molecule has 0 aliphatic carbocycles. The number of hydrogen-bond acceptors (Lipinski definition) is 0. The Hall–Kier alpha value is -1.21. The van der Waals surface area contributed by atoms with Crippen LogP contribution in [-0.2, 0) is 0 Å². The molecular weight excluding hydrogens is 551 g/mol. The van der Waals surface area contributed by atoms with Crippen LogP contribution in [0.1, 0.15) is 51.4 Å². The second-order valence-corrected chi connectivity index (χ2v) is 12.7. The van der Waals surface area contributed by atoms with E-state index in [-0.39, 0.29) is 17.0 Å². The van der Waals surface area contributed by atoms with Gasteiger partial charge in [0.05, 0.1) is 6.16 Å². The van der Waals surface area contributed by atoms with Gasteiger partial charge < -0.3 is 17.0 Å². The van der Waals surface area contributed by atoms with E-state index < -0.39 is 7.26 Å². The van der Waals surface area contributed by atoms with Gasteiger partial charge in [-0.25, -0.2) is 0 Å². The molecule has 0 N–H and O–H groups in total. The van der Waals surface area contributed by atoms with Crippen LogP contribution in [0.15, 0.2) is 103 Å². The van der Waals surface area contributed by atoms with Gasteiger partial charge in [-0.1, -0.05) is 115 Å². The minimum absolute atomic E-state index is 0. The molecule has 0 atom stereocenters. The molecule has 33 heavy (non-hydrogen) atoms. The third-order valence-corrected chi connectivity index (χ3v) is 11.0. The summed E-state index contributed by atoms with van der Waals surface area (Å²) in [6.45, 7) is 0. The van der Waals surface area contributed by atoms with Crippen LogP contribution in [0.4, 0.5) is 0 Å². The largest absolute Gasteiger partial charge is 1.00 e. The molecule has 0 heterocycles. The number of rotatable bonds is 14. The predicted molar refractivity (Wildman–Crippen MR) is 150 cm³/mol. The fourth-order valence-corrected chi connectivity index (χ4v) is 8.83. The minimum atomic E-state index is -1.72. The molecule has 0 aliphatic heterocycles. The van der Waals surface area contributed by atoms with E-state index in [0.29, 0.717) is 0 Å². The molecule has 0 saturated carbocycles. The third-order valence-electron chi connectivity index (χ3n) is 6.14. The molecule has 0 radical (unpaired) electrons. The lowest BCUT2D eigenvalue weighted by molar-refractivity contribution is -0.00000628. The van der Waals surface area contributed by atoms with Crippen molar-refractivity contribution in [2.24, 2.45) is 0 Å². The van der Waals surface area contributed by atoms with Gasteiger partial charge >= 0.3 is 0 Å². The van der Waals surface area contributed by atoms with Crippen molar-refractivity contribution in [1.82, 2.24) is 0 Å². The van der Waals surface area contributed by atoms with E-state index in [9.17, 15) is 0 Å². The number of halogens is 2. The van der Waals surface area contributed by atoms with E-state index in [1.165, 1.54) is 67.3 Å². The van der Waals surface area contributed by atoms with Crippen molar-refractivity contribution in [1.29, 1.82) is 0 Å². The fraction of sp³-hybridized carbons (Fsp3) is 0.333. The molecular formula is C30H37Br2P. The van der Waals surface area contributed by atoms with Gasteiger partial charge in [0.1, 0.15) is 23.2 Å². The van der Waals surface area contributed by atoms with Crippen LogP contribution >= 0.6 is 23.2 Å². The first-order valence-corrected chi connectivity index (χ1v) is 15.2. The zero-order chi connectivity index (χ0) is 22.3. The predicted octanol–water partition coefficient (Wildman–Crippen LogP) is 5.06. The number of benzene rings is 3. The Bertz CT molecular complexity index is 798. The summed E-state index contributed by atoms with van der Waals surface area (Å²) >= 11 is 3.52. The van der Waals surface area contributed by atoms with Crippen LogP contribution in [0, 0.1) is 0 Å². The lowest BCUT2D eigenvalue weighted by Crippen LogP contribution is -3.00. The summed E-state index contributed by atoms with van der Waals surface area (Å²) < 4.78 is 0. The van der Waals surface area contributed by atoms with E-state index in [1.54, 1.807) is 0 Å². The molecule has 0 spiro atoms. The van der Waals surface area contributed by atoms with E-state index in [2.05, 4.69) is 119 Å². The monoisotopic (exact) mass is 586 g/mol. The quantitative estimate of drug-likeness (QED) is 0.107. The van der Waals surface area contributed by atoms with Crippen molar-refractivity contribution in [3.63, 3.8) is 0 Å². The average Bonchev–Trinajstić information content (AvgIpc) is 2.87. The van der Waals surface area contributed by atoms with E-state index in [1.807, 2.05) is 0 Å². The molecule has 3 aromatic rings. The smallest absolute Gasteiger partial charge is 0.115 e. The Morgan fingerprint density at radius 2 is 0.909 bits per heavy atom. The molecule has 0 aliphatic rings. The van der Waals surface area contributed by atoms with Crippen molar-refractivity contribution in [3.8, 4) is 0 Å². The molecule has 0 fully saturated rings. The Labute approximate surface area is 221 Å². The first kappa shape index (κ1) is 28.0. The minimum Gasteiger partial charge on any atom is -1.00 e. The van der Waals surface area contributed by atoms with E-state index in [4.69, 9.17) is 0 Å². The Balaban J connectivity index is 0.00000385. The zero-order valence-electron chi connectivity index (χ0n) is 19.6. The molecule has 176 valence electrons. The molecule has 0 unspecified atom stereocenters. The average molecular weight is 588 g/mol. The molecule has 3 heteroatoms. The number of hydrogen-bond donors (Lipinski definition) is 0. The standard InChI is InChI=1S/C30H37BrP.BrH/c31-26-18-7-5-3-1-2-4-6-8-19-27-32(28-20-12-9-13-21-28,29-22-14-10-15-23-29)30-24-16-11-17-25-30;/h8-17,19-25H,1-7,18,26-27H2;1H/q+1;/p-1. The van der Waals surface area contributed by atoms with Gasteiger partial charge in [0, 0.05) is 5.33 Å². The van der Waals surface area contributed by atoms with E-state index >= 15 is 0 Å². The maximum Gasteiger partial charge on any atom is 0.115 e. The van der Waals surface area contributed by atoms with Gasteiger partial charge in [-0.15, -0.1) is 0 Å². The van der Waals surface area contributed by atoms with Crippen LogP contribution in [-0.4, -0.2) is 11.5 Å². The first-order valence-electron chi connectivity index (χ1n) is 12.1. The fourth-order valence-electron chi connectivity index (χ4n) is 4.40. The van der Waals surface area contributed by atoms with Gasteiger partial charge in [-0.2, -0.15) is 0 Å². The number of allylic oxidation sites excluding steroid dienone is 2. The first-order chi connectivity index (χ1) is 15.9. The normalized spacial score (nSPS) is 11.4. The van der Waals surface area contributed by atoms with Gasteiger partial charge in [0.2, 0.25) is 0 Å². The highest BCUT2D eigenvalue weighted by molar-refractivity contribution is 9.09. The molecule has 0 saturated heterocycles. The van der Waals surface area contributed by atoms with Crippen LogP contribution in [0.2, 0.25) is 0 Å². The molecule has 0 amide bonds. The summed E-state index contributed by atoms with van der Waals surface area (Å²) in [5.74, 6) is 0. The maximum absolute atomic E-state index is 3.52. The van der Waals surface area contributed by atoms with Crippen molar-refractivity contribution in [3.05, 3.63) is 103 Å². The zero-order valence-corrected chi connectivity index (χ0v) is 23.7. The van der Waals surface area contributed by atoms with Crippen LogP contribution in [0.3, 0.4) is 0 Å². The summed E-state index contributed by atoms with van der Waals surface area (Å²) in [7, 11) is -1.72. The van der Waals surface area contributed by atoms with Crippen LogP contribution in [0.5, 0.6) is 0 Å². The number of unbranched alkanes of at least 4 members (excludes halogenated alkanes) is 7. The summed E-state index contributed by atoms with van der Waals surface area (Å²) in [5, 5.41) is 5.54. The van der Waals surface area contributed by atoms with Crippen molar-refractivity contribution < 1.29 is 17.0 Å². The highest BCUT2D eigenvalue weighted by atomic mass is 79.9. The van der Waals surface area contributed by atoms with Gasteiger partial charge in [0.15, 0.2) is 0 Å². The Morgan fingerprint density at radius 1 is 0.515 bits per heavy atom. The Morgan fingerprint density at radius 3 is 1.33 bits per heavy atom. The molecule has 0 bridgehead atoms. The van der Waals surface area contributed by atoms with Crippen LogP contribution < -0.4 is 32.9 Å². The number of alkyl halides is 1. The second-order valence-electron chi connectivity index (χ2n) is 8.42. The second kappa shape index (κ2) is 16.4. The molecule has 3 aromatic carbocycles. The van der Waals surface area contributed by atoms with Crippen molar-refractivity contribution in [2.45, 2.75) is 51.4 Å². The van der Waals surface area contributed by atoms with Gasteiger partial charge in [-0.3, -0.25) is 0 Å². The van der Waals surface area contributed by atoms with Crippen molar-refractivity contribution in [2.75, 3.05) is 11.5 Å². The summed E-state index contributed by atoms with van der Waals surface area (Å²) in [4.78, 5) is 0. The topological polar surface area (TPSA) is 0 Å². The molecule has 3 rings (SSSR count).